The van der Waals surface area contributed by atoms with Gasteiger partial charge in [0.2, 0.25) is 0 Å². The number of hydrogen-bond acceptors (Lipinski definition) is 4. The fourth-order valence-corrected chi connectivity index (χ4v) is 3.71. The third-order valence-electron chi connectivity index (χ3n) is 3.07. The van der Waals surface area contributed by atoms with Crippen LogP contribution in [-0.4, -0.2) is 4.98 Å². The lowest BCUT2D eigenvalue weighted by atomic mass is 9.99. The fourth-order valence-electron chi connectivity index (χ4n) is 2.21. The Morgan fingerprint density at radius 3 is 2.84 bits per heavy atom. The van der Waals surface area contributed by atoms with Crippen LogP contribution in [0.15, 0.2) is 52.6 Å². The number of aromatic nitrogens is 1. The molecule has 19 heavy (non-hydrogen) atoms. The molecule has 0 saturated heterocycles. The van der Waals surface area contributed by atoms with Gasteiger partial charge in [-0.05, 0) is 45.1 Å². The van der Waals surface area contributed by atoms with E-state index in [9.17, 15) is 0 Å². The number of nitrogens with two attached hydrogens (primary N) is 1. The second-order valence-corrected chi connectivity index (χ2v) is 6.68. The van der Waals surface area contributed by atoms with E-state index in [2.05, 4.69) is 44.5 Å². The van der Waals surface area contributed by atoms with Crippen molar-refractivity contribution in [2.75, 3.05) is 0 Å². The lowest BCUT2D eigenvalue weighted by molar-refractivity contribution is 0.650. The number of thiophene rings is 1. The molecule has 1 aromatic carbocycles. The fraction of sp³-hybridized carbons (Fsp3) is 0.0714. The second kappa shape index (κ2) is 5.38. The maximum atomic E-state index is 5.76. The molecule has 3 nitrogen and oxygen atoms in total. The van der Waals surface area contributed by atoms with Crippen LogP contribution in [0.2, 0.25) is 0 Å². The lowest BCUT2D eigenvalue weighted by Crippen LogP contribution is -2.28. The van der Waals surface area contributed by atoms with Crippen LogP contribution in [0.3, 0.4) is 0 Å². The molecule has 1 atom stereocenters. The summed E-state index contributed by atoms with van der Waals surface area (Å²) in [6, 6.07) is 12.3. The molecule has 0 aliphatic carbocycles. The first kappa shape index (κ1) is 12.7. The van der Waals surface area contributed by atoms with Crippen LogP contribution in [0.1, 0.15) is 16.5 Å². The van der Waals surface area contributed by atoms with Gasteiger partial charge in [0, 0.05) is 22.7 Å². The van der Waals surface area contributed by atoms with Crippen LogP contribution >= 0.6 is 27.3 Å². The maximum Gasteiger partial charge on any atom is 0.0808 e. The third kappa shape index (κ3) is 2.42. The zero-order chi connectivity index (χ0) is 13.2. The van der Waals surface area contributed by atoms with E-state index < -0.39 is 0 Å². The number of nitrogens with zero attached hydrogens (tertiary/aromatic N) is 1. The third-order valence-corrected chi connectivity index (χ3v) is 4.76. The average Bonchev–Trinajstić information content (AvgIpc) is 2.86. The molecule has 96 valence electrons. The minimum Gasteiger partial charge on any atom is -0.271 e. The summed E-state index contributed by atoms with van der Waals surface area (Å²) < 4.78 is 1.10. The smallest absolute Gasteiger partial charge is 0.0808 e. The molecule has 3 N–H and O–H groups in total. The van der Waals surface area contributed by atoms with Crippen molar-refractivity contribution in [2.24, 2.45) is 5.84 Å². The molecule has 0 amide bonds. The van der Waals surface area contributed by atoms with Gasteiger partial charge < -0.3 is 0 Å². The molecule has 2 heterocycles. The van der Waals surface area contributed by atoms with E-state index in [4.69, 9.17) is 5.84 Å². The van der Waals surface area contributed by atoms with Crippen molar-refractivity contribution in [3.8, 4) is 0 Å². The Morgan fingerprint density at radius 1 is 1.21 bits per heavy atom. The normalized spacial score (nSPS) is 12.7. The van der Waals surface area contributed by atoms with Crippen molar-refractivity contribution >= 4 is 38.0 Å². The molecule has 0 spiro atoms. The van der Waals surface area contributed by atoms with Gasteiger partial charge in [-0.25, -0.2) is 5.43 Å². The Labute approximate surface area is 123 Å². The Bertz CT molecular complexity index is 705. The van der Waals surface area contributed by atoms with E-state index in [-0.39, 0.29) is 6.04 Å². The molecular formula is C14H12BrN3S. The van der Waals surface area contributed by atoms with Crippen LogP contribution in [-0.2, 0) is 0 Å². The SMILES string of the molecule is NNC(c1ccc(Br)s1)c1cccc2cnccc12. The van der Waals surface area contributed by atoms with Crippen molar-refractivity contribution in [3.63, 3.8) is 0 Å². The predicted octanol–water partition coefficient (Wildman–Crippen LogP) is 3.61. The Morgan fingerprint density at radius 2 is 2.11 bits per heavy atom. The first-order valence-corrected chi connectivity index (χ1v) is 7.44. The largest absolute Gasteiger partial charge is 0.271 e. The van der Waals surface area contributed by atoms with Gasteiger partial charge in [0.1, 0.15) is 0 Å². The molecule has 0 radical (unpaired) electrons. The van der Waals surface area contributed by atoms with Gasteiger partial charge in [0.25, 0.3) is 0 Å². The summed E-state index contributed by atoms with van der Waals surface area (Å²) in [5.74, 6) is 5.76. The second-order valence-electron chi connectivity index (χ2n) is 4.19. The monoisotopic (exact) mass is 333 g/mol. The summed E-state index contributed by atoms with van der Waals surface area (Å²) in [5, 5.41) is 2.29. The summed E-state index contributed by atoms with van der Waals surface area (Å²) in [6.07, 6.45) is 3.68. The van der Waals surface area contributed by atoms with Crippen LogP contribution in [0.25, 0.3) is 10.8 Å². The van der Waals surface area contributed by atoms with Crippen molar-refractivity contribution in [1.82, 2.24) is 10.4 Å². The zero-order valence-electron chi connectivity index (χ0n) is 10.0. The van der Waals surface area contributed by atoms with E-state index in [0.29, 0.717) is 0 Å². The van der Waals surface area contributed by atoms with Gasteiger partial charge in [-0.2, -0.15) is 0 Å². The maximum absolute atomic E-state index is 5.76. The number of nitrogens with one attached hydrogen (secondary N) is 1. The van der Waals surface area contributed by atoms with Crippen LogP contribution in [0, 0.1) is 0 Å². The van der Waals surface area contributed by atoms with E-state index >= 15 is 0 Å². The van der Waals surface area contributed by atoms with Crippen LogP contribution < -0.4 is 11.3 Å². The summed E-state index contributed by atoms with van der Waals surface area (Å²) in [7, 11) is 0. The van der Waals surface area contributed by atoms with E-state index in [1.165, 1.54) is 10.3 Å². The molecule has 3 rings (SSSR count). The highest BCUT2D eigenvalue weighted by Gasteiger charge is 2.16. The molecule has 0 saturated carbocycles. The molecule has 0 fully saturated rings. The molecule has 1 unspecified atom stereocenters. The standard InChI is InChI=1S/C14H12BrN3S/c15-13-5-4-12(19-13)14(18-16)11-3-1-2-9-8-17-7-6-10(9)11/h1-8,14,18H,16H2. The molecule has 3 aromatic rings. The van der Waals surface area contributed by atoms with Crippen LogP contribution in [0.4, 0.5) is 0 Å². The van der Waals surface area contributed by atoms with Crippen molar-refractivity contribution < 1.29 is 0 Å². The highest BCUT2D eigenvalue weighted by molar-refractivity contribution is 9.11. The van der Waals surface area contributed by atoms with Gasteiger partial charge in [-0.3, -0.25) is 10.8 Å². The highest BCUT2D eigenvalue weighted by Crippen LogP contribution is 2.33. The number of hydrogen-bond donors (Lipinski definition) is 2. The van der Waals surface area contributed by atoms with Gasteiger partial charge >= 0.3 is 0 Å². The molecule has 0 aliphatic rings. The number of halogens is 1. The van der Waals surface area contributed by atoms with Gasteiger partial charge in [0.05, 0.1) is 9.83 Å². The summed E-state index contributed by atoms with van der Waals surface area (Å²) in [6.45, 7) is 0. The quantitative estimate of drug-likeness (QED) is 0.568. The van der Waals surface area contributed by atoms with Crippen LogP contribution in [0.5, 0.6) is 0 Å². The molecule has 5 heteroatoms. The summed E-state index contributed by atoms with van der Waals surface area (Å²) >= 11 is 5.17. The first-order valence-electron chi connectivity index (χ1n) is 5.83. The molecule has 2 aromatic heterocycles. The minimum absolute atomic E-state index is 0.0117. The number of benzene rings is 1. The number of hydrazine groups is 1. The lowest BCUT2D eigenvalue weighted by Gasteiger charge is -2.17. The molecule has 0 bridgehead atoms. The number of rotatable bonds is 3. The first-order chi connectivity index (χ1) is 9.29. The van der Waals surface area contributed by atoms with E-state index in [1.807, 2.05) is 30.6 Å². The van der Waals surface area contributed by atoms with Gasteiger partial charge in [-0.15, -0.1) is 11.3 Å². The predicted molar refractivity (Wildman–Crippen MR) is 82.9 cm³/mol. The Hall–Kier alpha value is -1.27. The number of fused-ring (bicyclic) bond motifs is 1. The van der Waals surface area contributed by atoms with E-state index in [1.54, 1.807) is 11.3 Å². The number of pyridine rings is 1. The Balaban J connectivity index is 2.16. The van der Waals surface area contributed by atoms with Gasteiger partial charge in [-0.1, -0.05) is 18.2 Å². The van der Waals surface area contributed by atoms with Crippen molar-refractivity contribution in [3.05, 3.63) is 63.0 Å². The minimum atomic E-state index is -0.0117. The Kier molecular flexibility index (Phi) is 3.61. The average molecular weight is 334 g/mol. The van der Waals surface area contributed by atoms with Crippen molar-refractivity contribution in [2.45, 2.75) is 6.04 Å². The molecule has 0 aliphatic heterocycles. The topological polar surface area (TPSA) is 50.9 Å². The summed E-state index contributed by atoms with van der Waals surface area (Å²) in [4.78, 5) is 5.34. The zero-order valence-corrected chi connectivity index (χ0v) is 12.4. The van der Waals surface area contributed by atoms with Crippen molar-refractivity contribution in [1.29, 1.82) is 0 Å². The van der Waals surface area contributed by atoms with E-state index in [0.717, 1.165) is 14.7 Å². The summed E-state index contributed by atoms with van der Waals surface area (Å²) in [5.41, 5.74) is 4.07. The van der Waals surface area contributed by atoms with Gasteiger partial charge in [0.15, 0.2) is 0 Å². The molecular weight excluding hydrogens is 322 g/mol. The highest BCUT2D eigenvalue weighted by atomic mass is 79.9.